The van der Waals surface area contributed by atoms with Crippen LogP contribution < -0.4 is 0 Å². The molecule has 5 heteroatoms. The van der Waals surface area contributed by atoms with Gasteiger partial charge in [-0.3, -0.25) is 4.40 Å². The van der Waals surface area contributed by atoms with Crippen LogP contribution in [-0.4, -0.2) is 22.5 Å². The van der Waals surface area contributed by atoms with Crippen LogP contribution in [-0.2, 0) is 4.74 Å². The molecule has 0 N–H and O–H groups in total. The maximum Gasteiger partial charge on any atom is 0.339 e. The van der Waals surface area contributed by atoms with Gasteiger partial charge in [0.25, 0.3) is 0 Å². The summed E-state index contributed by atoms with van der Waals surface area (Å²) in [6, 6.07) is 11.4. The molecule has 0 aliphatic heterocycles. The summed E-state index contributed by atoms with van der Waals surface area (Å²) in [5, 5.41) is 0.405. The quantitative estimate of drug-likeness (QED) is 0.677. The number of hydrogen-bond acceptors (Lipinski definition) is 3. The van der Waals surface area contributed by atoms with E-state index in [-0.39, 0.29) is 0 Å². The van der Waals surface area contributed by atoms with Gasteiger partial charge in [-0.2, -0.15) is 0 Å². The standard InChI is InChI=1S/C16H13ClN2O2/c1-10-3-5-11(6-4-10)15-18-14(17)13-8-7-12(9-19(13)15)16(20)21-2/h3-9H,1-2H3. The lowest BCUT2D eigenvalue weighted by Crippen LogP contribution is -2.03. The molecule has 3 rings (SSSR count). The summed E-state index contributed by atoms with van der Waals surface area (Å²) in [4.78, 5) is 16.1. The molecule has 0 aliphatic carbocycles. The third kappa shape index (κ3) is 2.38. The van der Waals surface area contributed by atoms with Gasteiger partial charge in [0.05, 0.1) is 18.2 Å². The summed E-state index contributed by atoms with van der Waals surface area (Å²) in [6.45, 7) is 2.02. The van der Waals surface area contributed by atoms with Crippen LogP contribution in [0.25, 0.3) is 16.9 Å². The number of pyridine rings is 1. The first-order valence-electron chi connectivity index (χ1n) is 6.43. The summed E-state index contributed by atoms with van der Waals surface area (Å²) in [7, 11) is 1.36. The number of esters is 1. The van der Waals surface area contributed by atoms with Gasteiger partial charge in [-0.25, -0.2) is 9.78 Å². The van der Waals surface area contributed by atoms with Gasteiger partial charge in [0.15, 0.2) is 5.15 Å². The van der Waals surface area contributed by atoms with Crippen molar-refractivity contribution in [3.63, 3.8) is 0 Å². The molecule has 0 spiro atoms. The number of rotatable bonds is 2. The first-order chi connectivity index (χ1) is 10.1. The number of hydrogen-bond donors (Lipinski definition) is 0. The number of ether oxygens (including phenoxy) is 1. The van der Waals surface area contributed by atoms with E-state index in [1.165, 1.54) is 12.7 Å². The Morgan fingerprint density at radius 1 is 1.19 bits per heavy atom. The Kier molecular flexibility index (Phi) is 3.39. The van der Waals surface area contributed by atoms with Gasteiger partial charge in [0, 0.05) is 11.8 Å². The average molecular weight is 301 g/mol. The Bertz CT molecular complexity index is 822. The van der Waals surface area contributed by atoms with E-state index >= 15 is 0 Å². The number of fused-ring (bicyclic) bond motifs is 1. The molecule has 0 amide bonds. The van der Waals surface area contributed by atoms with Crippen LogP contribution in [0.3, 0.4) is 0 Å². The van der Waals surface area contributed by atoms with E-state index in [4.69, 9.17) is 16.3 Å². The molecule has 0 aliphatic rings. The predicted molar refractivity (Wildman–Crippen MR) is 81.7 cm³/mol. The third-order valence-electron chi connectivity index (χ3n) is 3.32. The monoisotopic (exact) mass is 300 g/mol. The van der Waals surface area contributed by atoms with Gasteiger partial charge in [0.2, 0.25) is 0 Å². The zero-order valence-corrected chi connectivity index (χ0v) is 12.4. The first-order valence-corrected chi connectivity index (χ1v) is 6.81. The number of benzene rings is 1. The van der Waals surface area contributed by atoms with Crippen LogP contribution in [0.4, 0.5) is 0 Å². The Balaban J connectivity index is 2.22. The zero-order valence-electron chi connectivity index (χ0n) is 11.6. The molecular weight excluding hydrogens is 288 g/mol. The largest absolute Gasteiger partial charge is 0.465 e. The van der Waals surface area contributed by atoms with Gasteiger partial charge < -0.3 is 4.74 Å². The van der Waals surface area contributed by atoms with Crippen molar-refractivity contribution in [2.24, 2.45) is 0 Å². The van der Waals surface area contributed by atoms with Gasteiger partial charge in [-0.05, 0) is 19.1 Å². The fourth-order valence-electron chi connectivity index (χ4n) is 2.19. The number of methoxy groups -OCH3 is 1. The molecule has 2 aromatic heterocycles. The molecule has 0 atom stereocenters. The van der Waals surface area contributed by atoms with Crippen molar-refractivity contribution in [2.75, 3.05) is 7.11 Å². The van der Waals surface area contributed by atoms with Gasteiger partial charge in [0.1, 0.15) is 5.82 Å². The minimum atomic E-state index is -0.392. The van der Waals surface area contributed by atoms with Crippen molar-refractivity contribution in [2.45, 2.75) is 6.92 Å². The Morgan fingerprint density at radius 2 is 1.90 bits per heavy atom. The summed E-state index contributed by atoms with van der Waals surface area (Å²) in [5.41, 5.74) is 3.30. The molecule has 0 radical (unpaired) electrons. The van der Waals surface area contributed by atoms with Crippen LogP contribution >= 0.6 is 11.6 Å². The van der Waals surface area contributed by atoms with E-state index in [9.17, 15) is 4.79 Å². The Labute approximate surface area is 126 Å². The van der Waals surface area contributed by atoms with Gasteiger partial charge in [-0.15, -0.1) is 0 Å². The second-order valence-electron chi connectivity index (χ2n) is 4.76. The molecular formula is C16H13ClN2O2. The fourth-order valence-corrected chi connectivity index (χ4v) is 2.43. The molecule has 2 heterocycles. The number of imidazole rings is 1. The Hall–Kier alpha value is -2.33. The van der Waals surface area contributed by atoms with Crippen LogP contribution in [0, 0.1) is 6.92 Å². The molecule has 4 nitrogen and oxygen atoms in total. The summed E-state index contributed by atoms with van der Waals surface area (Å²) in [6.07, 6.45) is 1.69. The molecule has 0 fully saturated rings. The van der Waals surface area contributed by atoms with Crippen LogP contribution in [0.15, 0.2) is 42.6 Å². The zero-order chi connectivity index (χ0) is 15.0. The van der Waals surface area contributed by atoms with Gasteiger partial charge >= 0.3 is 5.97 Å². The summed E-state index contributed by atoms with van der Waals surface area (Å²) in [5.74, 6) is 0.303. The second kappa shape index (κ2) is 5.22. The lowest BCUT2D eigenvalue weighted by Gasteiger charge is -2.04. The van der Waals surface area contributed by atoms with E-state index in [0.29, 0.717) is 16.5 Å². The SMILES string of the molecule is COC(=O)c1ccc2c(Cl)nc(-c3ccc(C)cc3)n2c1. The van der Waals surface area contributed by atoms with E-state index in [0.717, 1.165) is 11.1 Å². The van der Waals surface area contributed by atoms with Crippen molar-refractivity contribution in [3.8, 4) is 11.4 Å². The number of aryl methyl sites for hydroxylation is 1. The first kappa shape index (κ1) is 13.6. The van der Waals surface area contributed by atoms with Gasteiger partial charge in [-0.1, -0.05) is 41.4 Å². The van der Waals surface area contributed by atoms with E-state index in [1.54, 1.807) is 22.7 Å². The maximum atomic E-state index is 11.7. The highest BCUT2D eigenvalue weighted by atomic mass is 35.5. The highest BCUT2D eigenvalue weighted by molar-refractivity contribution is 6.33. The van der Waals surface area contributed by atoms with Crippen molar-refractivity contribution >= 4 is 23.1 Å². The van der Waals surface area contributed by atoms with E-state index < -0.39 is 5.97 Å². The molecule has 0 saturated carbocycles. The topological polar surface area (TPSA) is 43.6 Å². The van der Waals surface area contributed by atoms with Crippen molar-refractivity contribution in [1.29, 1.82) is 0 Å². The minimum Gasteiger partial charge on any atom is -0.465 e. The highest BCUT2D eigenvalue weighted by Gasteiger charge is 2.14. The van der Waals surface area contributed by atoms with Crippen LogP contribution in [0.5, 0.6) is 0 Å². The summed E-state index contributed by atoms with van der Waals surface area (Å²) < 4.78 is 6.55. The van der Waals surface area contributed by atoms with Crippen molar-refractivity contribution in [1.82, 2.24) is 9.38 Å². The number of nitrogens with zero attached hydrogens (tertiary/aromatic N) is 2. The minimum absolute atomic E-state index is 0.392. The Morgan fingerprint density at radius 3 is 2.57 bits per heavy atom. The normalized spacial score (nSPS) is 10.8. The van der Waals surface area contributed by atoms with Crippen molar-refractivity contribution < 1.29 is 9.53 Å². The smallest absolute Gasteiger partial charge is 0.339 e. The van der Waals surface area contributed by atoms with Crippen molar-refractivity contribution in [3.05, 3.63) is 58.9 Å². The highest BCUT2D eigenvalue weighted by Crippen LogP contribution is 2.26. The lowest BCUT2D eigenvalue weighted by atomic mass is 10.1. The van der Waals surface area contributed by atoms with Crippen LogP contribution in [0.2, 0.25) is 5.15 Å². The summed E-state index contributed by atoms with van der Waals surface area (Å²) >= 11 is 6.18. The molecule has 21 heavy (non-hydrogen) atoms. The molecule has 0 bridgehead atoms. The van der Waals surface area contributed by atoms with E-state index in [1.807, 2.05) is 31.2 Å². The number of carbonyl (C=O) groups is 1. The molecule has 3 aromatic rings. The molecule has 0 saturated heterocycles. The van der Waals surface area contributed by atoms with E-state index in [2.05, 4.69) is 4.98 Å². The van der Waals surface area contributed by atoms with Crippen LogP contribution in [0.1, 0.15) is 15.9 Å². The number of carbonyl (C=O) groups excluding carboxylic acids is 1. The lowest BCUT2D eigenvalue weighted by molar-refractivity contribution is 0.0600. The molecule has 106 valence electrons. The predicted octanol–water partition coefficient (Wildman–Crippen LogP) is 3.75. The maximum absolute atomic E-state index is 11.7. The molecule has 1 aromatic carbocycles. The number of halogens is 1. The average Bonchev–Trinajstić information content (AvgIpc) is 2.84. The second-order valence-corrected chi connectivity index (χ2v) is 5.11. The fraction of sp³-hybridized carbons (Fsp3) is 0.125. The third-order valence-corrected chi connectivity index (χ3v) is 3.60. The molecule has 0 unspecified atom stereocenters. The number of aromatic nitrogens is 2.